The molecule has 3 rings (SSSR count). The van der Waals surface area contributed by atoms with Crippen molar-refractivity contribution in [3.63, 3.8) is 0 Å². The monoisotopic (exact) mass is 347 g/mol. The summed E-state index contributed by atoms with van der Waals surface area (Å²) in [6.45, 7) is 0. The van der Waals surface area contributed by atoms with Crippen molar-refractivity contribution in [2.45, 2.75) is 12.8 Å². The number of benzene rings is 1. The average molecular weight is 348 g/mol. The zero-order chi connectivity index (χ0) is 16.4. The summed E-state index contributed by atoms with van der Waals surface area (Å²) in [5.41, 5.74) is 7.93. The molecule has 0 saturated heterocycles. The number of nitrogen functional groups attached to an aromatic ring is 1. The first kappa shape index (κ1) is 15.8. The van der Waals surface area contributed by atoms with E-state index in [2.05, 4.69) is 15.2 Å². The fraction of sp³-hybridized carbons (Fsp3) is 0.188. The molecule has 0 unspecified atom stereocenters. The summed E-state index contributed by atoms with van der Waals surface area (Å²) in [6, 6.07) is 9.13. The van der Waals surface area contributed by atoms with Gasteiger partial charge in [0.1, 0.15) is 11.5 Å². The minimum absolute atomic E-state index is 0.615. The van der Waals surface area contributed by atoms with Crippen LogP contribution in [0.1, 0.15) is 11.4 Å². The van der Waals surface area contributed by atoms with Crippen LogP contribution in [-0.2, 0) is 19.9 Å². The van der Waals surface area contributed by atoms with Crippen molar-refractivity contribution in [1.82, 2.24) is 19.7 Å². The lowest BCUT2D eigenvalue weighted by atomic mass is 10.1. The van der Waals surface area contributed by atoms with E-state index in [1.54, 1.807) is 12.3 Å². The van der Waals surface area contributed by atoms with Crippen molar-refractivity contribution in [1.29, 1.82) is 0 Å². The highest BCUT2D eigenvalue weighted by atomic mass is 35.5. The molecule has 0 aliphatic carbocycles. The molecule has 5 nitrogen and oxygen atoms in total. The molecule has 0 aliphatic rings. The maximum atomic E-state index is 6.20. The van der Waals surface area contributed by atoms with Gasteiger partial charge in [-0.15, -0.1) is 10.2 Å². The molecule has 0 atom stereocenters. The van der Waals surface area contributed by atoms with Crippen molar-refractivity contribution >= 4 is 28.9 Å². The molecule has 118 valence electrons. The van der Waals surface area contributed by atoms with Gasteiger partial charge in [-0.2, -0.15) is 0 Å². The quantitative estimate of drug-likeness (QED) is 0.783. The predicted octanol–water partition coefficient (Wildman–Crippen LogP) is 3.55. The number of hydrogen-bond acceptors (Lipinski definition) is 4. The van der Waals surface area contributed by atoms with E-state index in [4.69, 9.17) is 28.9 Å². The molecular weight excluding hydrogens is 333 g/mol. The summed E-state index contributed by atoms with van der Waals surface area (Å²) < 4.78 is 1.92. The number of pyridine rings is 1. The standard InChI is InChI=1S/C16H15Cl2N5/c1-23-15(8-6-11-12(17)3-2-4-13(11)18)21-22-16(23)14-7-5-10(19)9-20-14/h2-5,7,9H,6,8,19H2,1H3. The van der Waals surface area contributed by atoms with Gasteiger partial charge in [0.15, 0.2) is 5.82 Å². The number of hydrogen-bond donors (Lipinski definition) is 1. The summed E-state index contributed by atoms with van der Waals surface area (Å²) in [6.07, 6.45) is 2.98. The molecule has 2 heterocycles. The third-order valence-corrected chi connectivity index (χ3v) is 4.35. The first-order valence-corrected chi connectivity index (χ1v) is 7.85. The summed E-state index contributed by atoms with van der Waals surface area (Å²) in [5, 5.41) is 9.79. The minimum Gasteiger partial charge on any atom is -0.397 e. The second kappa shape index (κ2) is 6.56. The van der Waals surface area contributed by atoms with Gasteiger partial charge in [-0.1, -0.05) is 29.3 Å². The van der Waals surface area contributed by atoms with Crippen molar-refractivity contribution < 1.29 is 0 Å². The molecule has 2 aromatic heterocycles. The number of nitrogens with two attached hydrogens (primary N) is 1. The molecule has 0 bridgehead atoms. The fourth-order valence-electron chi connectivity index (χ4n) is 2.35. The second-order valence-corrected chi connectivity index (χ2v) is 5.99. The molecule has 0 fully saturated rings. The lowest BCUT2D eigenvalue weighted by Gasteiger charge is -2.07. The highest BCUT2D eigenvalue weighted by Gasteiger charge is 2.13. The molecular formula is C16H15Cl2N5. The van der Waals surface area contributed by atoms with Gasteiger partial charge in [-0.05, 0) is 36.2 Å². The van der Waals surface area contributed by atoms with Crippen molar-refractivity contribution in [2.24, 2.45) is 7.05 Å². The number of aryl methyl sites for hydroxylation is 1. The van der Waals surface area contributed by atoms with Crippen molar-refractivity contribution in [3.05, 3.63) is 58.0 Å². The van der Waals surface area contributed by atoms with E-state index in [-0.39, 0.29) is 0 Å². The average Bonchev–Trinajstić information content (AvgIpc) is 2.89. The van der Waals surface area contributed by atoms with E-state index in [1.165, 1.54) is 0 Å². The highest BCUT2D eigenvalue weighted by molar-refractivity contribution is 6.35. The lowest BCUT2D eigenvalue weighted by molar-refractivity contribution is 0.772. The van der Waals surface area contributed by atoms with Gasteiger partial charge < -0.3 is 10.3 Å². The van der Waals surface area contributed by atoms with Crippen LogP contribution in [0.4, 0.5) is 5.69 Å². The van der Waals surface area contributed by atoms with Gasteiger partial charge in [0.05, 0.1) is 11.9 Å². The van der Waals surface area contributed by atoms with E-state index in [9.17, 15) is 0 Å². The summed E-state index contributed by atoms with van der Waals surface area (Å²) in [5.74, 6) is 1.54. The first-order chi connectivity index (χ1) is 11.1. The first-order valence-electron chi connectivity index (χ1n) is 7.09. The normalized spacial score (nSPS) is 10.9. The van der Waals surface area contributed by atoms with E-state index in [1.807, 2.05) is 35.9 Å². The summed E-state index contributed by atoms with van der Waals surface area (Å²) >= 11 is 12.4. The molecule has 23 heavy (non-hydrogen) atoms. The molecule has 2 N–H and O–H groups in total. The van der Waals surface area contributed by atoms with Crippen LogP contribution in [0.2, 0.25) is 10.0 Å². The Morgan fingerprint density at radius 2 is 1.78 bits per heavy atom. The van der Waals surface area contributed by atoms with Crippen LogP contribution < -0.4 is 5.73 Å². The topological polar surface area (TPSA) is 69.6 Å². The number of halogens is 2. The van der Waals surface area contributed by atoms with E-state index < -0.39 is 0 Å². The van der Waals surface area contributed by atoms with Crippen LogP contribution in [0.15, 0.2) is 36.5 Å². The van der Waals surface area contributed by atoms with Gasteiger partial charge >= 0.3 is 0 Å². The zero-order valence-electron chi connectivity index (χ0n) is 12.5. The maximum Gasteiger partial charge on any atom is 0.182 e. The third kappa shape index (κ3) is 3.30. The number of rotatable bonds is 4. The van der Waals surface area contributed by atoms with Gasteiger partial charge in [-0.3, -0.25) is 4.98 Å². The van der Waals surface area contributed by atoms with Crippen LogP contribution in [0.25, 0.3) is 11.5 Å². The zero-order valence-corrected chi connectivity index (χ0v) is 14.0. The Kier molecular flexibility index (Phi) is 4.50. The smallest absolute Gasteiger partial charge is 0.182 e. The van der Waals surface area contributed by atoms with E-state index >= 15 is 0 Å². The van der Waals surface area contributed by atoms with Gasteiger partial charge in [-0.25, -0.2) is 0 Å². The Hall–Kier alpha value is -2.11. The highest BCUT2D eigenvalue weighted by Crippen LogP contribution is 2.26. The summed E-state index contributed by atoms with van der Waals surface area (Å²) in [7, 11) is 1.91. The maximum absolute atomic E-state index is 6.20. The Morgan fingerprint density at radius 3 is 2.43 bits per heavy atom. The molecule has 1 aromatic carbocycles. The predicted molar refractivity (Wildman–Crippen MR) is 92.5 cm³/mol. The molecule has 0 aliphatic heterocycles. The Labute approximate surface area is 144 Å². The van der Waals surface area contributed by atoms with Crippen LogP contribution in [0.3, 0.4) is 0 Å². The molecule has 0 amide bonds. The number of anilines is 1. The number of aromatic nitrogens is 4. The third-order valence-electron chi connectivity index (χ3n) is 3.64. The van der Waals surface area contributed by atoms with E-state index in [0.717, 1.165) is 17.1 Å². The largest absolute Gasteiger partial charge is 0.397 e. The Morgan fingerprint density at radius 1 is 1.04 bits per heavy atom. The van der Waals surface area contributed by atoms with Gasteiger partial charge in [0.25, 0.3) is 0 Å². The van der Waals surface area contributed by atoms with Crippen LogP contribution >= 0.6 is 23.2 Å². The molecule has 0 spiro atoms. The molecule has 7 heteroatoms. The van der Waals surface area contributed by atoms with Crippen LogP contribution in [-0.4, -0.2) is 19.7 Å². The van der Waals surface area contributed by atoms with Crippen molar-refractivity contribution in [3.8, 4) is 11.5 Å². The fourth-order valence-corrected chi connectivity index (χ4v) is 2.93. The Bertz CT molecular complexity index is 807. The minimum atomic E-state index is 0.615. The van der Waals surface area contributed by atoms with Crippen molar-refractivity contribution in [2.75, 3.05) is 5.73 Å². The second-order valence-electron chi connectivity index (χ2n) is 5.18. The lowest BCUT2D eigenvalue weighted by Crippen LogP contribution is -2.03. The van der Waals surface area contributed by atoms with Gasteiger partial charge in [0, 0.05) is 23.5 Å². The van der Waals surface area contributed by atoms with E-state index in [0.29, 0.717) is 34.4 Å². The number of nitrogens with zero attached hydrogens (tertiary/aromatic N) is 4. The SMILES string of the molecule is Cn1c(CCc2c(Cl)cccc2Cl)nnc1-c1ccc(N)cn1. The summed E-state index contributed by atoms with van der Waals surface area (Å²) in [4.78, 5) is 4.28. The molecule has 0 saturated carbocycles. The molecule has 3 aromatic rings. The Balaban J connectivity index is 1.81. The van der Waals surface area contributed by atoms with Gasteiger partial charge in [0.2, 0.25) is 0 Å². The van der Waals surface area contributed by atoms with Crippen LogP contribution in [0, 0.1) is 0 Å². The molecule has 0 radical (unpaired) electrons. The van der Waals surface area contributed by atoms with Crippen LogP contribution in [0.5, 0.6) is 0 Å².